The van der Waals surface area contributed by atoms with Crippen LogP contribution in [0.15, 0.2) is 24.3 Å². The van der Waals surface area contributed by atoms with E-state index in [-0.39, 0.29) is 11.8 Å². The SMILES string of the molecule is CNC(=O)N1CCN(Cc2ccccc2F)CC1. The first-order valence-electron chi connectivity index (χ1n) is 6.13. The van der Waals surface area contributed by atoms with Crippen molar-refractivity contribution in [1.29, 1.82) is 0 Å². The van der Waals surface area contributed by atoms with Crippen LogP contribution in [0.1, 0.15) is 5.56 Å². The Bertz CT molecular complexity index is 416. The fraction of sp³-hybridized carbons (Fsp3) is 0.462. The number of nitrogens with zero attached hydrogens (tertiary/aromatic N) is 2. The Morgan fingerprint density at radius 1 is 1.28 bits per heavy atom. The molecule has 1 aliphatic rings. The van der Waals surface area contributed by atoms with Crippen LogP contribution in [0.5, 0.6) is 0 Å². The van der Waals surface area contributed by atoms with Crippen molar-refractivity contribution in [3.63, 3.8) is 0 Å². The molecule has 0 atom stereocenters. The van der Waals surface area contributed by atoms with Crippen LogP contribution in [0.3, 0.4) is 0 Å². The highest BCUT2D eigenvalue weighted by atomic mass is 19.1. The van der Waals surface area contributed by atoms with Gasteiger partial charge in [0, 0.05) is 45.3 Å². The van der Waals surface area contributed by atoms with Gasteiger partial charge in [-0.05, 0) is 6.07 Å². The van der Waals surface area contributed by atoms with Crippen molar-refractivity contribution < 1.29 is 9.18 Å². The molecule has 1 aromatic carbocycles. The highest BCUT2D eigenvalue weighted by molar-refractivity contribution is 5.73. The zero-order valence-corrected chi connectivity index (χ0v) is 10.5. The van der Waals surface area contributed by atoms with E-state index in [2.05, 4.69) is 10.2 Å². The van der Waals surface area contributed by atoms with Crippen LogP contribution >= 0.6 is 0 Å². The zero-order chi connectivity index (χ0) is 13.0. The molecule has 1 aromatic rings. The van der Waals surface area contributed by atoms with Gasteiger partial charge in [-0.25, -0.2) is 9.18 Å². The Kier molecular flexibility index (Phi) is 4.15. The number of hydrogen-bond donors (Lipinski definition) is 1. The first kappa shape index (κ1) is 12.8. The maximum absolute atomic E-state index is 13.5. The maximum atomic E-state index is 13.5. The number of urea groups is 1. The number of amides is 2. The van der Waals surface area contributed by atoms with Crippen molar-refractivity contribution in [1.82, 2.24) is 15.1 Å². The average Bonchev–Trinajstić information content (AvgIpc) is 2.41. The first-order valence-corrected chi connectivity index (χ1v) is 6.13. The smallest absolute Gasteiger partial charge is 0.317 e. The topological polar surface area (TPSA) is 35.6 Å². The summed E-state index contributed by atoms with van der Waals surface area (Å²) in [5.41, 5.74) is 0.714. The van der Waals surface area contributed by atoms with Crippen molar-refractivity contribution in [2.45, 2.75) is 6.54 Å². The lowest BCUT2D eigenvalue weighted by molar-refractivity contribution is 0.135. The molecule has 2 amide bonds. The Morgan fingerprint density at radius 2 is 1.94 bits per heavy atom. The second-order valence-electron chi connectivity index (χ2n) is 4.41. The number of carbonyl (C=O) groups is 1. The van der Waals surface area contributed by atoms with Crippen LogP contribution in [-0.4, -0.2) is 49.1 Å². The van der Waals surface area contributed by atoms with Gasteiger partial charge in [0.05, 0.1) is 0 Å². The summed E-state index contributed by atoms with van der Waals surface area (Å²) >= 11 is 0. The summed E-state index contributed by atoms with van der Waals surface area (Å²) in [4.78, 5) is 15.4. The Morgan fingerprint density at radius 3 is 2.56 bits per heavy atom. The van der Waals surface area contributed by atoms with E-state index >= 15 is 0 Å². The number of carbonyl (C=O) groups excluding carboxylic acids is 1. The molecule has 2 rings (SSSR count). The van der Waals surface area contributed by atoms with Gasteiger partial charge in [-0.3, -0.25) is 4.90 Å². The molecule has 1 fully saturated rings. The van der Waals surface area contributed by atoms with E-state index in [4.69, 9.17) is 0 Å². The number of nitrogens with one attached hydrogen (secondary N) is 1. The average molecular weight is 251 g/mol. The number of piperazine rings is 1. The van der Waals surface area contributed by atoms with Crippen LogP contribution < -0.4 is 5.32 Å². The summed E-state index contributed by atoms with van der Waals surface area (Å²) in [5, 5.41) is 2.62. The molecule has 18 heavy (non-hydrogen) atoms. The lowest BCUT2D eigenvalue weighted by Gasteiger charge is -2.34. The van der Waals surface area contributed by atoms with Gasteiger partial charge in [-0.1, -0.05) is 18.2 Å². The second-order valence-corrected chi connectivity index (χ2v) is 4.41. The van der Waals surface area contributed by atoms with Crippen molar-refractivity contribution in [3.8, 4) is 0 Å². The third-order valence-corrected chi connectivity index (χ3v) is 3.23. The van der Waals surface area contributed by atoms with Gasteiger partial charge in [0.1, 0.15) is 5.82 Å². The lowest BCUT2D eigenvalue weighted by Crippen LogP contribution is -2.50. The van der Waals surface area contributed by atoms with Gasteiger partial charge in [0.25, 0.3) is 0 Å². The molecule has 0 aromatic heterocycles. The third-order valence-electron chi connectivity index (χ3n) is 3.23. The highest BCUT2D eigenvalue weighted by Gasteiger charge is 2.20. The maximum Gasteiger partial charge on any atom is 0.317 e. The summed E-state index contributed by atoms with van der Waals surface area (Å²) in [6.45, 7) is 3.54. The molecular formula is C13H18FN3O. The van der Waals surface area contributed by atoms with E-state index in [9.17, 15) is 9.18 Å². The van der Waals surface area contributed by atoms with Crippen molar-refractivity contribution in [3.05, 3.63) is 35.6 Å². The largest absolute Gasteiger partial charge is 0.341 e. The molecule has 0 aliphatic carbocycles. The summed E-state index contributed by atoms with van der Waals surface area (Å²) in [6.07, 6.45) is 0. The molecule has 5 heteroatoms. The second kappa shape index (κ2) is 5.82. The summed E-state index contributed by atoms with van der Waals surface area (Å²) < 4.78 is 13.5. The van der Waals surface area contributed by atoms with E-state index in [1.807, 2.05) is 6.07 Å². The fourth-order valence-corrected chi connectivity index (χ4v) is 2.13. The molecule has 0 saturated carbocycles. The standard InChI is InChI=1S/C13H18FN3O/c1-15-13(18)17-8-6-16(7-9-17)10-11-4-2-3-5-12(11)14/h2-5H,6-10H2,1H3,(H,15,18). The van der Waals surface area contributed by atoms with E-state index in [0.717, 1.165) is 13.1 Å². The Balaban J connectivity index is 1.87. The molecule has 1 N–H and O–H groups in total. The minimum atomic E-state index is -0.161. The van der Waals surface area contributed by atoms with E-state index in [1.165, 1.54) is 6.07 Å². The fourth-order valence-electron chi connectivity index (χ4n) is 2.13. The van der Waals surface area contributed by atoms with Gasteiger partial charge in [-0.2, -0.15) is 0 Å². The van der Waals surface area contributed by atoms with Crippen molar-refractivity contribution in [2.75, 3.05) is 33.2 Å². The molecule has 0 bridgehead atoms. The lowest BCUT2D eigenvalue weighted by atomic mass is 10.2. The molecule has 0 radical (unpaired) electrons. The normalized spacial score (nSPS) is 16.7. The molecule has 1 heterocycles. The van der Waals surface area contributed by atoms with E-state index < -0.39 is 0 Å². The number of halogens is 1. The summed E-state index contributed by atoms with van der Waals surface area (Å²) in [6, 6.07) is 6.79. The number of rotatable bonds is 2. The van der Waals surface area contributed by atoms with Crippen LogP contribution in [0.4, 0.5) is 9.18 Å². The number of benzene rings is 1. The summed E-state index contributed by atoms with van der Waals surface area (Å²) in [5.74, 6) is -0.161. The molecule has 1 saturated heterocycles. The van der Waals surface area contributed by atoms with Crippen LogP contribution in [-0.2, 0) is 6.54 Å². The monoisotopic (exact) mass is 251 g/mol. The number of hydrogen-bond acceptors (Lipinski definition) is 2. The van der Waals surface area contributed by atoms with Crippen LogP contribution in [0.2, 0.25) is 0 Å². The molecule has 1 aliphatic heterocycles. The molecule has 98 valence electrons. The molecule has 0 spiro atoms. The van der Waals surface area contributed by atoms with Crippen LogP contribution in [0.25, 0.3) is 0 Å². The van der Waals surface area contributed by atoms with Gasteiger partial charge in [0.15, 0.2) is 0 Å². The van der Waals surface area contributed by atoms with E-state index in [0.29, 0.717) is 25.2 Å². The van der Waals surface area contributed by atoms with Gasteiger partial charge >= 0.3 is 6.03 Å². The summed E-state index contributed by atoms with van der Waals surface area (Å²) in [7, 11) is 1.63. The molecular weight excluding hydrogens is 233 g/mol. The van der Waals surface area contributed by atoms with Gasteiger partial charge < -0.3 is 10.2 Å². The Hall–Kier alpha value is -1.62. The van der Waals surface area contributed by atoms with Gasteiger partial charge in [0.2, 0.25) is 0 Å². The van der Waals surface area contributed by atoms with Gasteiger partial charge in [-0.15, -0.1) is 0 Å². The van der Waals surface area contributed by atoms with Crippen molar-refractivity contribution >= 4 is 6.03 Å². The van der Waals surface area contributed by atoms with E-state index in [1.54, 1.807) is 24.1 Å². The third kappa shape index (κ3) is 2.98. The van der Waals surface area contributed by atoms with Crippen molar-refractivity contribution in [2.24, 2.45) is 0 Å². The molecule has 0 unspecified atom stereocenters. The van der Waals surface area contributed by atoms with Crippen LogP contribution in [0, 0.1) is 5.82 Å². The predicted octanol–water partition coefficient (Wildman–Crippen LogP) is 1.28. The first-order chi connectivity index (χ1) is 8.70. The molecule has 4 nitrogen and oxygen atoms in total. The highest BCUT2D eigenvalue weighted by Crippen LogP contribution is 2.11. The zero-order valence-electron chi connectivity index (χ0n) is 10.5. The predicted molar refractivity (Wildman–Crippen MR) is 67.7 cm³/mol. The minimum absolute atomic E-state index is 0.0412. The quantitative estimate of drug-likeness (QED) is 0.859. The Labute approximate surface area is 106 Å². The minimum Gasteiger partial charge on any atom is -0.341 e.